The molecule has 1 amide bonds. The van der Waals surface area contributed by atoms with Gasteiger partial charge in [-0.05, 0) is 30.7 Å². The Kier molecular flexibility index (Phi) is 4.36. The van der Waals surface area contributed by atoms with E-state index in [4.69, 9.17) is 4.74 Å². The number of nitrogens with zero attached hydrogens (tertiary/aromatic N) is 4. The molecule has 2 aromatic heterocycles. The second-order valence-corrected chi connectivity index (χ2v) is 6.85. The predicted octanol–water partition coefficient (Wildman–Crippen LogP) is 1.85. The topological polar surface area (TPSA) is 58.6 Å². The standard InChI is InChI=1S/C19H22N4O2/c24-18(16-5-1-3-8-20-16)23-11-12-25-15-19(14-23)7-10-22(13-19)17-6-2-4-9-21-17/h1-6,8-9H,7,10-15H2. The van der Waals surface area contributed by atoms with Crippen LogP contribution >= 0.6 is 0 Å². The number of aromatic nitrogens is 2. The monoisotopic (exact) mass is 338 g/mol. The molecule has 0 radical (unpaired) electrons. The third-order valence-electron chi connectivity index (χ3n) is 5.02. The Balaban J connectivity index is 1.51. The molecule has 2 aliphatic rings. The summed E-state index contributed by atoms with van der Waals surface area (Å²) in [5.74, 6) is 0.980. The number of hydrogen-bond acceptors (Lipinski definition) is 5. The number of pyridine rings is 2. The Morgan fingerprint density at radius 1 is 1.04 bits per heavy atom. The predicted molar refractivity (Wildman–Crippen MR) is 94.5 cm³/mol. The lowest BCUT2D eigenvalue weighted by Gasteiger charge is -2.31. The van der Waals surface area contributed by atoms with E-state index < -0.39 is 0 Å². The summed E-state index contributed by atoms with van der Waals surface area (Å²) in [6, 6.07) is 11.4. The fourth-order valence-electron chi connectivity index (χ4n) is 3.74. The Hall–Kier alpha value is -2.47. The quantitative estimate of drug-likeness (QED) is 0.836. The first-order chi connectivity index (χ1) is 12.3. The van der Waals surface area contributed by atoms with Gasteiger partial charge >= 0.3 is 0 Å². The average Bonchev–Trinajstić information content (AvgIpc) is 2.97. The highest BCUT2D eigenvalue weighted by atomic mass is 16.5. The van der Waals surface area contributed by atoms with E-state index in [0.717, 1.165) is 25.3 Å². The van der Waals surface area contributed by atoms with Crippen molar-refractivity contribution in [2.75, 3.05) is 44.3 Å². The summed E-state index contributed by atoms with van der Waals surface area (Å²) in [5.41, 5.74) is 0.456. The second kappa shape index (κ2) is 6.80. The number of hydrogen-bond donors (Lipinski definition) is 0. The first-order valence-corrected chi connectivity index (χ1v) is 8.70. The fraction of sp³-hybridized carbons (Fsp3) is 0.421. The molecule has 0 aromatic carbocycles. The van der Waals surface area contributed by atoms with Gasteiger partial charge in [-0.2, -0.15) is 0 Å². The van der Waals surface area contributed by atoms with Crippen LogP contribution in [0.2, 0.25) is 0 Å². The Morgan fingerprint density at radius 2 is 1.88 bits per heavy atom. The van der Waals surface area contributed by atoms with E-state index in [-0.39, 0.29) is 11.3 Å². The molecule has 130 valence electrons. The average molecular weight is 338 g/mol. The highest BCUT2D eigenvalue weighted by molar-refractivity contribution is 5.92. The van der Waals surface area contributed by atoms with Crippen molar-refractivity contribution in [2.24, 2.45) is 5.41 Å². The Bertz CT molecular complexity index is 725. The molecule has 1 spiro atoms. The van der Waals surface area contributed by atoms with Gasteiger partial charge in [-0.3, -0.25) is 9.78 Å². The number of rotatable bonds is 2. The van der Waals surface area contributed by atoms with Crippen molar-refractivity contribution >= 4 is 11.7 Å². The maximum atomic E-state index is 12.8. The van der Waals surface area contributed by atoms with Gasteiger partial charge in [-0.25, -0.2) is 4.98 Å². The van der Waals surface area contributed by atoms with Gasteiger partial charge in [-0.1, -0.05) is 12.1 Å². The lowest BCUT2D eigenvalue weighted by molar-refractivity contribution is 0.0686. The molecule has 25 heavy (non-hydrogen) atoms. The molecule has 1 unspecified atom stereocenters. The van der Waals surface area contributed by atoms with E-state index in [2.05, 4.69) is 14.9 Å². The number of carbonyl (C=O) groups excluding carboxylic acids is 1. The van der Waals surface area contributed by atoms with Gasteiger partial charge in [0.2, 0.25) is 0 Å². The van der Waals surface area contributed by atoms with Crippen LogP contribution in [0.4, 0.5) is 5.82 Å². The van der Waals surface area contributed by atoms with Gasteiger partial charge in [0.05, 0.1) is 13.2 Å². The van der Waals surface area contributed by atoms with Gasteiger partial charge in [-0.15, -0.1) is 0 Å². The van der Waals surface area contributed by atoms with E-state index in [0.29, 0.717) is 32.0 Å². The van der Waals surface area contributed by atoms with E-state index in [9.17, 15) is 4.79 Å². The van der Waals surface area contributed by atoms with Crippen molar-refractivity contribution in [1.29, 1.82) is 0 Å². The molecule has 4 heterocycles. The van der Waals surface area contributed by atoms with E-state index >= 15 is 0 Å². The highest BCUT2D eigenvalue weighted by Gasteiger charge is 2.42. The summed E-state index contributed by atoms with van der Waals surface area (Å²) in [5, 5.41) is 0. The summed E-state index contributed by atoms with van der Waals surface area (Å²) >= 11 is 0. The van der Waals surface area contributed by atoms with Crippen molar-refractivity contribution in [3.8, 4) is 0 Å². The maximum absolute atomic E-state index is 12.8. The molecule has 6 nitrogen and oxygen atoms in total. The minimum atomic E-state index is -0.0432. The smallest absolute Gasteiger partial charge is 0.272 e. The van der Waals surface area contributed by atoms with Crippen LogP contribution in [0.5, 0.6) is 0 Å². The number of ether oxygens (including phenoxy) is 1. The summed E-state index contributed by atoms with van der Waals surface area (Å²) < 4.78 is 5.87. The molecule has 2 aromatic rings. The molecule has 6 heteroatoms. The fourth-order valence-corrected chi connectivity index (χ4v) is 3.74. The van der Waals surface area contributed by atoms with Crippen molar-refractivity contribution in [2.45, 2.75) is 6.42 Å². The van der Waals surface area contributed by atoms with Crippen molar-refractivity contribution in [3.63, 3.8) is 0 Å². The molecular formula is C19H22N4O2. The third-order valence-corrected chi connectivity index (χ3v) is 5.02. The molecule has 2 saturated heterocycles. The van der Waals surface area contributed by atoms with Gasteiger partial charge in [0.15, 0.2) is 0 Å². The van der Waals surface area contributed by atoms with Crippen molar-refractivity contribution < 1.29 is 9.53 Å². The van der Waals surface area contributed by atoms with E-state index in [1.165, 1.54) is 0 Å². The molecule has 0 aliphatic carbocycles. The van der Waals surface area contributed by atoms with Crippen LogP contribution in [-0.2, 0) is 4.74 Å². The van der Waals surface area contributed by atoms with Gasteiger partial charge in [0, 0.05) is 44.0 Å². The Morgan fingerprint density at radius 3 is 2.64 bits per heavy atom. The van der Waals surface area contributed by atoms with E-state index in [1.807, 2.05) is 41.4 Å². The third kappa shape index (κ3) is 3.35. The maximum Gasteiger partial charge on any atom is 0.272 e. The van der Waals surface area contributed by atoms with Crippen LogP contribution < -0.4 is 4.90 Å². The summed E-state index contributed by atoms with van der Waals surface area (Å²) in [6.45, 7) is 4.36. The van der Waals surface area contributed by atoms with Crippen LogP contribution in [0.1, 0.15) is 16.9 Å². The second-order valence-electron chi connectivity index (χ2n) is 6.85. The highest BCUT2D eigenvalue weighted by Crippen LogP contribution is 2.35. The van der Waals surface area contributed by atoms with Crippen LogP contribution in [-0.4, -0.2) is 60.2 Å². The zero-order valence-electron chi connectivity index (χ0n) is 14.2. The van der Waals surface area contributed by atoms with E-state index in [1.54, 1.807) is 12.3 Å². The van der Waals surface area contributed by atoms with Crippen molar-refractivity contribution in [3.05, 3.63) is 54.5 Å². The summed E-state index contributed by atoms with van der Waals surface area (Å²) in [7, 11) is 0. The molecule has 0 N–H and O–H groups in total. The van der Waals surface area contributed by atoms with Crippen LogP contribution in [0, 0.1) is 5.41 Å². The largest absolute Gasteiger partial charge is 0.379 e. The zero-order chi connectivity index (χ0) is 17.1. The number of carbonyl (C=O) groups is 1. The zero-order valence-corrected chi connectivity index (χ0v) is 14.2. The molecular weight excluding hydrogens is 316 g/mol. The summed E-state index contributed by atoms with van der Waals surface area (Å²) in [6.07, 6.45) is 4.48. The lowest BCUT2D eigenvalue weighted by Crippen LogP contribution is -2.43. The molecule has 4 rings (SSSR count). The number of amides is 1. The summed E-state index contributed by atoms with van der Waals surface area (Å²) in [4.78, 5) is 25.7. The molecule has 1 atom stereocenters. The minimum Gasteiger partial charge on any atom is -0.379 e. The van der Waals surface area contributed by atoms with Crippen LogP contribution in [0.15, 0.2) is 48.8 Å². The first-order valence-electron chi connectivity index (χ1n) is 8.70. The van der Waals surface area contributed by atoms with Gasteiger partial charge in [0.1, 0.15) is 11.5 Å². The lowest BCUT2D eigenvalue weighted by atomic mass is 9.87. The van der Waals surface area contributed by atoms with Gasteiger partial charge in [0.25, 0.3) is 5.91 Å². The number of anilines is 1. The Labute approximate surface area is 147 Å². The molecule has 2 fully saturated rings. The van der Waals surface area contributed by atoms with Crippen LogP contribution in [0.25, 0.3) is 0 Å². The molecule has 0 saturated carbocycles. The normalized spacial score (nSPS) is 23.7. The van der Waals surface area contributed by atoms with Crippen LogP contribution in [0.3, 0.4) is 0 Å². The SMILES string of the molecule is O=C(c1ccccn1)N1CCOCC2(CCN(c3ccccn3)C2)C1. The van der Waals surface area contributed by atoms with Crippen molar-refractivity contribution in [1.82, 2.24) is 14.9 Å². The molecule has 2 aliphatic heterocycles. The minimum absolute atomic E-state index is 0.0123. The van der Waals surface area contributed by atoms with Gasteiger partial charge < -0.3 is 14.5 Å². The first kappa shape index (κ1) is 16.0. The molecule has 0 bridgehead atoms.